The molecule has 1 saturated heterocycles. The number of nitrogens with one attached hydrogen (secondary N) is 1. The van der Waals surface area contributed by atoms with Gasteiger partial charge in [0.2, 0.25) is 11.8 Å². The Balaban J connectivity index is 1.15. The average molecular weight is 497 g/mol. The smallest absolute Gasteiger partial charge is 0.405 e. The molecule has 0 aromatic carbocycles. The van der Waals surface area contributed by atoms with Gasteiger partial charge in [-0.2, -0.15) is 13.2 Å². The second-order valence-corrected chi connectivity index (χ2v) is 10.8. The molecule has 7 nitrogen and oxygen atoms in total. The van der Waals surface area contributed by atoms with Gasteiger partial charge < -0.3 is 14.8 Å². The van der Waals surface area contributed by atoms with Crippen LogP contribution in [0.5, 0.6) is 5.88 Å². The van der Waals surface area contributed by atoms with E-state index in [0.717, 1.165) is 72.6 Å². The standard InChI is InChI=1S/C23H27F3N4O3S/c24-23(25,26)10-27-20(31)17-14-9-15-18(16(14)17)19-21(28-11-29-22(19)34-15)33-13-3-1-12(2-4-13)30-5-7-32-8-6-30/h11-14,16-17H,1-10H2,(H,27,31)/t12?,13?,14-,16+,17+/m1/s1. The lowest BCUT2D eigenvalue weighted by Crippen LogP contribution is -2.46. The number of carbonyl (C=O) groups is 1. The van der Waals surface area contributed by atoms with Crippen molar-refractivity contribution in [2.24, 2.45) is 11.8 Å². The van der Waals surface area contributed by atoms with Gasteiger partial charge in [-0.05, 0) is 43.6 Å². The van der Waals surface area contributed by atoms with Crippen LogP contribution in [0.3, 0.4) is 0 Å². The van der Waals surface area contributed by atoms with E-state index >= 15 is 0 Å². The highest BCUT2D eigenvalue weighted by atomic mass is 32.1. The van der Waals surface area contributed by atoms with Crippen molar-refractivity contribution in [1.82, 2.24) is 20.2 Å². The number of ether oxygens (including phenoxy) is 2. The van der Waals surface area contributed by atoms with Crippen molar-refractivity contribution in [2.45, 2.75) is 56.3 Å². The molecule has 6 rings (SSSR count). The van der Waals surface area contributed by atoms with Crippen molar-refractivity contribution >= 4 is 27.5 Å². The first-order valence-corrected chi connectivity index (χ1v) is 12.8. The van der Waals surface area contributed by atoms with Crippen LogP contribution in [-0.2, 0) is 16.0 Å². The predicted octanol–water partition coefficient (Wildman–Crippen LogP) is 3.28. The maximum Gasteiger partial charge on any atom is 0.405 e. The van der Waals surface area contributed by atoms with Crippen molar-refractivity contribution in [2.75, 3.05) is 32.8 Å². The molecule has 11 heteroatoms. The molecular formula is C23H27F3N4O3S. The number of amides is 1. The molecule has 1 N–H and O–H groups in total. The van der Waals surface area contributed by atoms with E-state index in [2.05, 4.69) is 20.2 Å². The van der Waals surface area contributed by atoms with E-state index in [1.807, 2.05) is 0 Å². The van der Waals surface area contributed by atoms with E-state index < -0.39 is 24.5 Å². The molecule has 3 heterocycles. The van der Waals surface area contributed by atoms with Crippen LogP contribution in [-0.4, -0.2) is 71.9 Å². The predicted molar refractivity (Wildman–Crippen MR) is 119 cm³/mol. The van der Waals surface area contributed by atoms with Crippen molar-refractivity contribution in [3.8, 4) is 5.88 Å². The van der Waals surface area contributed by atoms with Crippen molar-refractivity contribution in [3.05, 3.63) is 16.8 Å². The molecule has 0 bridgehead atoms. The molecule has 4 aliphatic rings. The minimum absolute atomic E-state index is 0.0656. The van der Waals surface area contributed by atoms with E-state index in [1.165, 1.54) is 6.33 Å². The number of morpholine rings is 1. The number of fused-ring (bicyclic) bond motifs is 5. The number of thiophene rings is 1. The maximum atomic E-state index is 12.5. The molecule has 0 spiro atoms. The van der Waals surface area contributed by atoms with Crippen LogP contribution in [0.1, 0.15) is 42.0 Å². The number of halogens is 3. The monoisotopic (exact) mass is 496 g/mol. The Bertz CT molecular complexity index is 1080. The lowest BCUT2D eigenvalue weighted by molar-refractivity contribution is -0.139. The average Bonchev–Trinajstić information content (AvgIpc) is 3.20. The summed E-state index contributed by atoms with van der Waals surface area (Å²) in [5.74, 6) is -0.375. The molecule has 1 amide bonds. The highest BCUT2D eigenvalue weighted by Crippen LogP contribution is 2.65. The summed E-state index contributed by atoms with van der Waals surface area (Å²) in [6.07, 6.45) is 1.95. The van der Waals surface area contributed by atoms with E-state index in [4.69, 9.17) is 9.47 Å². The molecule has 0 unspecified atom stereocenters. The van der Waals surface area contributed by atoms with Gasteiger partial charge in [0.05, 0.1) is 18.6 Å². The first-order valence-electron chi connectivity index (χ1n) is 12.0. The van der Waals surface area contributed by atoms with E-state index in [1.54, 1.807) is 11.3 Å². The molecule has 2 aromatic rings. The zero-order valence-corrected chi connectivity index (χ0v) is 19.5. The van der Waals surface area contributed by atoms with Gasteiger partial charge in [0, 0.05) is 35.8 Å². The molecule has 0 radical (unpaired) electrons. The van der Waals surface area contributed by atoms with Crippen LogP contribution in [0.4, 0.5) is 13.2 Å². The second-order valence-electron chi connectivity index (χ2n) is 9.75. The van der Waals surface area contributed by atoms with Crippen LogP contribution in [0.2, 0.25) is 0 Å². The highest BCUT2D eigenvalue weighted by molar-refractivity contribution is 7.19. The summed E-state index contributed by atoms with van der Waals surface area (Å²) in [6.45, 7) is 2.30. The maximum absolute atomic E-state index is 12.5. The van der Waals surface area contributed by atoms with Gasteiger partial charge in [-0.3, -0.25) is 9.69 Å². The van der Waals surface area contributed by atoms with Gasteiger partial charge in [0.25, 0.3) is 0 Å². The van der Waals surface area contributed by atoms with Gasteiger partial charge in [-0.1, -0.05) is 0 Å². The number of hydrogen-bond donors (Lipinski definition) is 1. The van der Waals surface area contributed by atoms with Crippen LogP contribution < -0.4 is 10.1 Å². The Labute approximate surface area is 199 Å². The Hall–Kier alpha value is -1.98. The van der Waals surface area contributed by atoms with Gasteiger partial charge in [0.1, 0.15) is 23.8 Å². The minimum Gasteiger partial charge on any atom is -0.474 e. The molecule has 2 aromatic heterocycles. The summed E-state index contributed by atoms with van der Waals surface area (Å²) in [7, 11) is 0. The van der Waals surface area contributed by atoms with Gasteiger partial charge in [-0.25, -0.2) is 9.97 Å². The third-order valence-electron chi connectivity index (χ3n) is 7.74. The van der Waals surface area contributed by atoms with Crippen molar-refractivity contribution in [1.29, 1.82) is 0 Å². The van der Waals surface area contributed by atoms with Crippen LogP contribution in [0.25, 0.3) is 10.2 Å². The minimum atomic E-state index is -4.41. The first-order chi connectivity index (χ1) is 16.4. The number of hydrogen-bond acceptors (Lipinski definition) is 7. The lowest BCUT2D eigenvalue weighted by Gasteiger charge is -2.38. The SMILES string of the molecule is O=C(NCC(F)(F)F)[C@H]1[C@@H]2Cc3sc4ncnc(OC5CCC(N6CCOCC6)CC5)c4c3[C@@H]21. The summed E-state index contributed by atoms with van der Waals surface area (Å²) >= 11 is 1.59. The summed E-state index contributed by atoms with van der Waals surface area (Å²) in [5.41, 5.74) is 1.02. The molecule has 3 fully saturated rings. The van der Waals surface area contributed by atoms with Crippen LogP contribution in [0, 0.1) is 11.8 Å². The fourth-order valence-electron chi connectivity index (χ4n) is 6.09. The number of alkyl halides is 3. The zero-order valence-electron chi connectivity index (χ0n) is 18.6. The van der Waals surface area contributed by atoms with Crippen LogP contribution in [0.15, 0.2) is 6.33 Å². The quantitative estimate of drug-likeness (QED) is 0.685. The van der Waals surface area contributed by atoms with Gasteiger partial charge in [0.15, 0.2) is 0 Å². The Morgan fingerprint density at radius 2 is 1.97 bits per heavy atom. The summed E-state index contributed by atoms with van der Waals surface area (Å²) < 4.78 is 49.5. The lowest BCUT2D eigenvalue weighted by atomic mass is 9.91. The van der Waals surface area contributed by atoms with E-state index in [0.29, 0.717) is 18.3 Å². The molecule has 3 aliphatic carbocycles. The fourth-order valence-corrected chi connectivity index (χ4v) is 7.35. The van der Waals surface area contributed by atoms with Crippen LogP contribution >= 0.6 is 11.3 Å². The van der Waals surface area contributed by atoms with Gasteiger partial charge in [-0.15, -0.1) is 11.3 Å². The topological polar surface area (TPSA) is 76.6 Å². The van der Waals surface area contributed by atoms with E-state index in [-0.39, 0.29) is 17.9 Å². The molecule has 1 aliphatic heterocycles. The Morgan fingerprint density at radius 3 is 2.71 bits per heavy atom. The number of nitrogens with zero attached hydrogens (tertiary/aromatic N) is 3. The Kier molecular flexibility index (Phi) is 5.69. The normalized spacial score (nSPS) is 31.2. The third kappa shape index (κ3) is 4.15. The molecular weight excluding hydrogens is 469 g/mol. The van der Waals surface area contributed by atoms with Crippen molar-refractivity contribution in [3.63, 3.8) is 0 Å². The summed E-state index contributed by atoms with van der Waals surface area (Å²) in [5, 5.41) is 2.92. The zero-order chi connectivity index (χ0) is 23.4. The number of rotatable bonds is 5. The summed E-state index contributed by atoms with van der Waals surface area (Å²) in [6, 6.07) is 0.572. The molecule has 34 heavy (non-hydrogen) atoms. The summed E-state index contributed by atoms with van der Waals surface area (Å²) in [4.78, 5) is 25.8. The van der Waals surface area contributed by atoms with Crippen molar-refractivity contribution < 1.29 is 27.4 Å². The number of aromatic nitrogens is 2. The molecule has 2 saturated carbocycles. The molecule has 3 atom stereocenters. The Morgan fingerprint density at radius 1 is 1.21 bits per heavy atom. The third-order valence-corrected chi connectivity index (χ3v) is 8.88. The van der Waals surface area contributed by atoms with E-state index in [9.17, 15) is 18.0 Å². The largest absolute Gasteiger partial charge is 0.474 e. The molecule has 184 valence electrons. The highest BCUT2D eigenvalue weighted by Gasteiger charge is 2.61. The first kappa shape index (κ1) is 22.5. The van der Waals surface area contributed by atoms with Gasteiger partial charge >= 0.3 is 6.18 Å². The fraction of sp³-hybridized carbons (Fsp3) is 0.696. The number of carbonyl (C=O) groups excluding carboxylic acids is 1. The second kappa shape index (κ2) is 8.60.